The van der Waals surface area contributed by atoms with Gasteiger partial charge in [-0.15, -0.1) is 11.3 Å². The number of benzene rings is 1. The van der Waals surface area contributed by atoms with Crippen molar-refractivity contribution in [3.05, 3.63) is 63.2 Å². The number of rotatable bonds is 6. The molecule has 33 heavy (non-hydrogen) atoms. The molecule has 9 heteroatoms. The van der Waals surface area contributed by atoms with Crippen molar-refractivity contribution in [3.8, 4) is 5.75 Å². The first-order valence-corrected chi connectivity index (χ1v) is 12.0. The van der Waals surface area contributed by atoms with Gasteiger partial charge in [0, 0.05) is 59.3 Å². The maximum absolute atomic E-state index is 14.6. The number of halogens is 1. The van der Waals surface area contributed by atoms with E-state index in [4.69, 9.17) is 9.47 Å². The molecule has 2 amide bonds. The zero-order valence-electron chi connectivity index (χ0n) is 18.3. The van der Waals surface area contributed by atoms with Crippen molar-refractivity contribution >= 4 is 23.2 Å². The summed E-state index contributed by atoms with van der Waals surface area (Å²) in [6.45, 7) is 7.93. The van der Waals surface area contributed by atoms with E-state index in [0.29, 0.717) is 61.7 Å². The van der Waals surface area contributed by atoms with Crippen molar-refractivity contribution < 1.29 is 23.5 Å². The van der Waals surface area contributed by atoms with Crippen LogP contribution in [-0.4, -0.2) is 54.0 Å². The molecule has 2 aromatic rings. The lowest BCUT2D eigenvalue weighted by Gasteiger charge is -2.31. The zero-order valence-corrected chi connectivity index (χ0v) is 19.1. The van der Waals surface area contributed by atoms with Crippen molar-refractivity contribution in [1.29, 1.82) is 0 Å². The van der Waals surface area contributed by atoms with Crippen LogP contribution in [0.1, 0.15) is 39.2 Å². The Morgan fingerprint density at radius 1 is 1.27 bits per heavy atom. The van der Waals surface area contributed by atoms with E-state index in [1.807, 2.05) is 5.38 Å². The quantitative estimate of drug-likeness (QED) is 0.701. The van der Waals surface area contributed by atoms with Gasteiger partial charge in [-0.3, -0.25) is 14.5 Å². The number of ether oxygens (including phenoxy) is 2. The van der Waals surface area contributed by atoms with E-state index in [1.54, 1.807) is 17.0 Å². The molecular weight excluding hydrogens is 445 g/mol. The van der Waals surface area contributed by atoms with Gasteiger partial charge in [-0.1, -0.05) is 12.6 Å². The molecule has 3 aliphatic heterocycles. The fourth-order valence-corrected chi connectivity index (χ4v) is 5.45. The number of nitrogens with zero attached hydrogens (tertiary/aromatic N) is 2. The number of thiophene rings is 1. The van der Waals surface area contributed by atoms with Gasteiger partial charge in [-0.2, -0.15) is 0 Å². The molecule has 1 N–H and O–H groups in total. The third kappa shape index (κ3) is 4.53. The fourth-order valence-electron chi connectivity index (χ4n) is 4.50. The average molecular weight is 472 g/mol. The normalized spacial score (nSPS) is 21.3. The smallest absolute Gasteiger partial charge is 0.256 e. The van der Waals surface area contributed by atoms with Gasteiger partial charge in [0.25, 0.3) is 5.91 Å². The van der Waals surface area contributed by atoms with E-state index in [-0.39, 0.29) is 24.2 Å². The molecule has 2 saturated heterocycles. The first-order chi connectivity index (χ1) is 16.0. The Bertz CT molecular complexity index is 1100. The van der Waals surface area contributed by atoms with Gasteiger partial charge < -0.3 is 19.7 Å². The van der Waals surface area contributed by atoms with Crippen LogP contribution < -0.4 is 10.1 Å². The van der Waals surface area contributed by atoms with Crippen LogP contribution in [0.2, 0.25) is 0 Å². The van der Waals surface area contributed by atoms with E-state index in [0.717, 1.165) is 23.5 Å². The van der Waals surface area contributed by atoms with Gasteiger partial charge in [-0.25, -0.2) is 4.39 Å². The van der Waals surface area contributed by atoms with Crippen LogP contribution in [0.25, 0.3) is 0 Å². The predicted molar refractivity (Wildman–Crippen MR) is 121 cm³/mol. The van der Waals surface area contributed by atoms with Crippen molar-refractivity contribution in [3.63, 3.8) is 0 Å². The molecule has 5 rings (SSSR count). The van der Waals surface area contributed by atoms with E-state index >= 15 is 0 Å². The second-order valence-corrected chi connectivity index (χ2v) is 9.53. The maximum atomic E-state index is 14.6. The van der Waals surface area contributed by atoms with E-state index in [1.165, 1.54) is 17.4 Å². The van der Waals surface area contributed by atoms with Gasteiger partial charge in [0.1, 0.15) is 24.2 Å². The first-order valence-electron chi connectivity index (χ1n) is 11.1. The highest BCUT2D eigenvalue weighted by Gasteiger charge is 2.39. The Balaban J connectivity index is 1.22. The van der Waals surface area contributed by atoms with Gasteiger partial charge >= 0.3 is 0 Å². The third-order valence-electron chi connectivity index (χ3n) is 6.39. The monoisotopic (exact) mass is 471 g/mol. The molecule has 3 aliphatic rings. The second-order valence-electron chi connectivity index (χ2n) is 8.56. The molecule has 4 heterocycles. The Morgan fingerprint density at radius 3 is 2.85 bits per heavy atom. The van der Waals surface area contributed by atoms with E-state index in [2.05, 4.69) is 16.8 Å². The SMILES string of the molecule is C=C1CC[C@H](N2Cc3c(csc3COc3ccc(CN4CCOCC4)c(F)c3)C2=O)C(=O)N1. The molecule has 7 nitrogen and oxygen atoms in total. The highest BCUT2D eigenvalue weighted by Crippen LogP contribution is 2.35. The van der Waals surface area contributed by atoms with Crippen LogP contribution in [0.4, 0.5) is 4.39 Å². The Morgan fingerprint density at radius 2 is 2.09 bits per heavy atom. The van der Waals surface area contributed by atoms with Gasteiger partial charge in [0.2, 0.25) is 5.91 Å². The molecule has 2 fully saturated rings. The number of amides is 2. The number of allylic oxidation sites excluding steroid dienone is 1. The number of nitrogens with one attached hydrogen (secondary N) is 1. The standard InChI is InChI=1S/C24H26FN3O4S/c1-15-2-5-21(23(29)26-15)28-12-18-19(24(28)30)14-33-22(18)13-32-17-4-3-16(20(25)10-17)11-27-6-8-31-9-7-27/h3-4,10,14,21H,1-2,5-9,11-13H2,(H,26,29)/t21-/m0/s1. The number of morpholine rings is 1. The van der Waals surface area contributed by atoms with Crippen LogP contribution in [0.3, 0.4) is 0 Å². The fraction of sp³-hybridized carbons (Fsp3) is 0.417. The molecule has 1 aromatic heterocycles. The summed E-state index contributed by atoms with van der Waals surface area (Å²) in [5, 5.41) is 4.57. The van der Waals surface area contributed by atoms with Crippen LogP contribution in [0.5, 0.6) is 5.75 Å². The molecule has 1 aromatic carbocycles. The van der Waals surface area contributed by atoms with Gasteiger partial charge in [0.05, 0.1) is 18.8 Å². The lowest BCUT2D eigenvalue weighted by Crippen LogP contribution is -2.49. The number of hydrogen-bond acceptors (Lipinski definition) is 6. The Hall–Kier alpha value is -2.75. The third-order valence-corrected chi connectivity index (χ3v) is 7.39. The van der Waals surface area contributed by atoms with Crippen molar-refractivity contribution in [2.75, 3.05) is 26.3 Å². The summed E-state index contributed by atoms with van der Waals surface area (Å²) in [4.78, 5) is 30.0. The van der Waals surface area contributed by atoms with Gasteiger partial charge in [-0.05, 0) is 18.9 Å². The Labute approximate surface area is 195 Å². The molecule has 0 unspecified atom stereocenters. The summed E-state index contributed by atoms with van der Waals surface area (Å²) in [6, 6.07) is 4.48. The second kappa shape index (κ2) is 9.24. The largest absolute Gasteiger partial charge is 0.488 e. The maximum Gasteiger partial charge on any atom is 0.256 e. The molecule has 0 aliphatic carbocycles. The first kappa shape index (κ1) is 22.1. The minimum atomic E-state index is -0.484. The van der Waals surface area contributed by atoms with Crippen molar-refractivity contribution in [2.24, 2.45) is 0 Å². The zero-order chi connectivity index (χ0) is 22.9. The minimum Gasteiger partial charge on any atom is -0.488 e. The van der Waals surface area contributed by atoms with Crippen LogP contribution >= 0.6 is 11.3 Å². The highest BCUT2D eigenvalue weighted by atomic mass is 32.1. The topological polar surface area (TPSA) is 71.1 Å². The minimum absolute atomic E-state index is 0.126. The average Bonchev–Trinajstić information content (AvgIpc) is 3.35. The number of piperidine rings is 1. The molecule has 1 atom stereocenters. The highest BCUT2D eigenvalue weighted by molar-refractivity contribution is 7.10. The summed E-state index contributed by atoms with van der Waals surface area (Å²) >= 11 is 1.46. The van der Waals surface area contributed by atoms with E-state index < -0.39 is 6.04 Å². The molecule has 0 radical (unpaired) electrons. The predicted octanol–water partition coefficient (Wildman–Crippen LogP) is 3.05. The van der Waals surface area contributed by atoms with Crippen molar-refractivity contribution in [1.82, 2.24) is 15.1 Å². The van der Waals surface area contributed by atoms with Gasteiger partial charge in [0.15, 0.2) is 0 Å². The van der Waals surface area contributed by atoms with Crippen LogP contribution in [0, 0.1) is 5.82 Å². The summed E-state index contributed by atoms with van der Waals surface area (Å²) in [5.74, 6) is -0.147. The number of hydrogen-bond donors (Lipinski definition) is 1. The molecule has 0 spiro atoms. The molecule has 0 bridgehead atoms. The molecule has 0 saturated carbocycles. The summed E-state index contributed by atoms with van der Waals surface area (Å²) in [5.41, 5.74) is 2.85. The summed E-state index contributed by atoms with van der Waals surface area (Å²) in [6.07, 6.45) is 1.24. The van der Waals surface area contributed by atoms with E-state index in [9.17, 15) is 14.0 Å². The number of carbonyl (C=O) groups excluding carboxylic acids is 2. The number of fused-ring (bicyclic) bond motifs is 1. The lowest BCUT2D eigenvalue weighted by atomic mass is 10.0. The number of carbonyl (C=O) groups is 2. The summed E-state index contributed by atoms with van der Waals surface area (Å²) < 4.78 is 25.8. The van der Waals surface area contributed by atoms with Crippen molar-refractivity contribution in [2.45, 2.75) is 38.6 Å². The van der Waals surface area contributed by atoms with Crippen LogP contribution in [-0.2, 0) is 29.2 Å². The molecule has 174 valence electrons. The lowest BCUT2D eigenvalue weighted by molar-refractivity contribution is -0.126. The van der Waals surface area contributed by atoms with Crippen LogP contribution in [0.15, 0.2) is 35.9 Å². The summed E-state index contributed by atoms with van der Waals surface area (Å²) in [7, 11) is 0. The molecular formula is C24H26FN3O4S. The Kier molecular flexibility index (Phi) is 6.18.